The summed E-state index contributed by atoms with van der Waals surface area (Å²) in [5, 5.41) is 14.1. The maximum Gasteiger partial charge on any atom is 0.123 e. The van der Waals surface area contributed by atoms with Gasteiger partial charge < -0.3 is 5.11 Å². The molecule has 0 radical (unpaired) electrons. The molecule has 4 nitrogen and oxygen atoms in total. The molecule has 0 spiro atoms. The number of aromatic nitrogens is 2. The number of benzene rings is 1. The van der Waals surface area contributed by atoms with E-state index in [1.54, 1.807) is 12.1 Å². The van der Waals surface area contributed by atoms with Crippen molar-refractivity contribution >= 4 is 0 Å². The molecule has 0 amide bonds. The van der Waals surface area contributed by atoms with Crippen LogP contribution in [0.5, 0.6) is 0 Å². The third-order valence-electron chi connectivity index (χ3n) is 5.53. The van der Waals surface area contributed by atoms with Gasteiger partial charge in [-0.15, -0.1) is 0 Å². The Morgan fingerprint density at radius 3 is 2.74 bits per heavy atom. The quantitative estimate of drug-likeness (QED) is 0.945. The molecule has 1 aromatic heterocycles. The van der Waals surface area contributed by atoms with E-state index in [9.17, 15) is 9.50 Å². The number of fused-ring (bicyclic) bond motifs is 3. The zero-order valence-corrected chi connectivity index (χ0v) is 13.3. The molecule has 3 aliphatic heterocycles. The normalized spacial score (nSPS) is 29.9. The molecule has 0 saturated carbocycles. The Hall–Kier alpha value is -1.72. The Morgan fingerprint density at radius 2 is 2.09 bits per heavy atom. The topological polar surface area (TPSA) is 41.3 Å². The summed E-state index contributed by atoms with van der Waals surface area (Å²) < 4.78 is 15.1. The highest BCUT2D eigenvalue weighted by atomic mass is 19.1. The van der Waals surface area contributed by atoms with Crippen molar-refractivity contribution in [3.05, 3.63) is 41.8 Å². The minimum absolute atomic E-state index is 0.225. The van der Waals surface area contributed by atoms with Crippen LogP contribution in [0.1, 0.15) is 24.5 Å². The van der Waals surface area contributed by atoms with E-state index in [4.69, 9.17) is 0 Å². The van der Waals surface area contributed by atoms with Crippen molar-refractivity contribution in [3.63, 3.8) is 0 Å². The highest BCUT2D eigenvalue weighted by molar-refractivity contribution is 5.59. The highest BCUT2D eigenvalue weighted by Crippen LogP contribution is 2.42. The van der Waals surface area contributed by atoms with Crippen LogP contribution in [0.2, 0.25) is 0 Å². The van der Waals surface area contributed by atoms with Crippen molar-refractivity contribution in [2.45, 2.75) is 24.8 Å². The van der Waals surface area contributed by atoms with Gasteiger partial charge in [0.2, 0.25) is 0 Å². The summed E-state index contributed by atoms with van der Waals surface area (Å²) in [6.07, 6.45) is 2.26. The fourth-order valence-electron chi connectivity index (χ4n) is 4.25. The van der Waals surface area contributed by atoms with Gasteiger partial charge >= 0.3 is 0 Å². The molecule has 3 saturated heterocycles. The lowest BCUT2D eigenvalue weighted by molar-refractivity contribution is 0.00105. The first-order valence-corrected chi connectivity index (χ1v) is 8.30. The van der Waals surface area contributed by atoms with E-state index in [1.807, 2.05) is 11.7 Å². The molecule has 4 atom stereocenters. The Bertz CT molecular complexity index is 697. The van der Waals surface area contributed by atoms with Crippen LogP contribution in [0.15, 0.2) is 30.3 Å². The van der Waals surface area contributed by atoms with Gasteiger partial charge in [0.1, 0.15) is 5.82 Å². The van der Waals surface area contributed by atoms with Gasteiger partial charge in [-0.3, -0.25) is 9.58 Å². The lowest BCUT2D eigenvalue weighted by atomic mass is 9.74. The van der Waals surface area contributed by atoms with Crippen LogP contribution < -0.4 is 0 Å². The van der Waals surface area contributed by atoms with E-state index in [0.29, 0.717) is 17.9 Å². The summed E-state index contributed by atoms with van der Waals surface area (Å²) in [5.74, 6) is 0.865. The van der Waals surface area contributed by atoms with Gasteiger partial charge in [0.15, 0.2) is 0 Å². The number of hydrogen-bond donors (Lipinski definition) is 1. The van der Waals surface area contributed by atoms with Gasteiger partial charge in [-0.1, -0.05) is 0 Å². The first-order valence-electron chi connectivity index (χ1n) is 8.30. The van der Waals surface area contributed by atoms with Gasteiger partial charge in [-0.2, -0.15) is 5.10 Å². The van der Waals surface area contributed by atoms with Crippen LogP contribution >= 0.6 is 0 Å². The van der Waals surface area contributed by atoms with Gasteiger partial charge in [-0.05, 0) is 55.6 Å². The molecular formula is C18H22FN3O. The molecule has 3 fully saturated rings. The summed E-state index contributed by atoms with van der Waals surface area (Å²) in [6, 6.07) is 8.98. The van der Waals surface area contributed by atoms with Crippen molar-refractivity contribution in [2.24, 2.45) is 13.0 Å². The van der Waals surface area contributed by atoms with E-state index in [2.05, 4.69) is 16.1 Å². The van der Waals surface area contributed by atoms with E-state index < -0.39 is 0 Å². The van der Waals surface area contributed by atoms with Crippen LogP contribution in [0, 0.1) is 11.7 Å². The van der Waals surface area contributed by atoms with Crippen LogP contribution in [0.25, 0.3) is 11.3 Å². The first-order chi connectivity index (χ1) is 11.2. The zero-order chi connectivity index (χ0) is 16.0. The number of aryl methyl sites for hydroxylation is 1. The lowest BCUT2D eigenvalue weighted by Crippen LogP contribution is -2.53. The van der Waals surface area contributed by atoms with E-state index in [-0.39, 0.29) is 12.4 Å². The second-order valence-electron chi connectivity index (χ2n) is 6.81. The summed E-state index contributed by atoms with van der Waals surface area (Å²) >= 11 is 0. The van der Waals surface area contributed by atoms with Crippen molar-refractivity contribution < 1.29 is 9.50 Å². The third kappa shape index (κ3) is 2.58. The number of nitrogens with zero attached hydrogens (tertiary/aromatic N) is 3. The number of rotatable bonds is 3. The summed E-state index contributed by atoms with van der Waals surface area (Å²) in [5.41, 5.74) is 3.09. The first kappa shape index (κ1) is 14.8. The van der Waals surface area contributed by atoms with Crippen LogP contribution in [-0.2, 0) is 7.05 Å². The SMILES string of the molecule is Cn1nc(-c2ccc(F)cc2)cc1C1CN2CCC1CC2CO. The molecule has 23 heavy (non-hydrogen) atoms. The summed E-state index contributed by atoms with van der Waals surface area (Å²) in [6.45, 7) is 2.35. The average Bonchev–Trinajstić information content (AvgIpc) is 2.97. The standard InChI is InChI=1S/C18H22FN3O/c1-21-18(9-17(20-21)12-2-4-14(19)5-3-12)16-10-22-7-6-13(16)8-15(22)11-23/h2-5,9,13,15-16,23H,6-8,10-11H2,1H3. The minimum atomic E-state index is -0.225. The summed E-state index contributed by atoms with van der Waals surface area (Å²) in [7, 11) is 1.99. The van der Waals surface area contributed by atoms with Crippen molar-refractivity contribution in [1.82, 2.24) is 14.7 Å². The monoisotopic (exact) mass is 315 g/mol. The summed E-state index contributed by atoms with van der Waals surface area (Å²) in [4.78, 5) is 2.41. The smallest absolute Gasteiger partial charge is 0.123 e. The average molecular weight is 315 g/mol. The third-order valence-corrected chi connectivity index (χ3v) is 5.53. The maximum atomic E-state index is 13.1. The Labute approximate surface area is 135 Å². The largest absolute Gasteiger partial charge is 0.395 e. The van der Waals surface area contributed by atoms with E-state index in [1.165, 1.54) is 24.2 Å². The minimum Gasteiger partial charge on any atom is -0.395 e. The molecule has 4 heterocycles. The second-order valence-corrected chi connectivity index (χ2v) is 6.81. The van der Waals surface area contributed by atoms with Crippen molar-refractivity contribution in [3.8, 4) is 11.3 Å². The molecule has 2 bridgehead atoms. The number of halogens is 1. The Kier molecular flexibility index (Phi) is 3.70. The van der Waals surface area contributed by atoms with Crippen LogP contribution in [0.4, 0.5) is 4.39 Å². The van der Waals surface area contributed by atoms with Crippen molar-refractivity contribution in [1.29, 1.82) is 0 Å². The fraction of sp³-hybridized carbons (Fsp3) is 0.500. The molecule has 122 valence electrons. The number of hydrogen-bond acceptors (Lipinski definition) is 3. The zero-order valence-electron chi connectivity index (χ0n) is 13.3. The Morgan fingerprint density at radius 1 is 1.30 bits per heavy atom. The highest BCUT2D eigenvalue weighted by Gasteiger charge is 2.41. The van der Waals surface area contributed by atoms with Crippen LogP contribution in [-0.4, -0.2) is 45.5 Å². The molecule has 5 rings (SSSR count). The predicted molar refractivity (Wildman–Crippen MR) is 86.5 cm³/mol. The fourth-order valence-corrected chi connectivity index (χ4v) is 4.25. The molecule has 0 aliphatic carbocycles. The van der Waals surface area contributed by atoms with Gasteiger partial charge in [-0.25, -0.2) is 4.39 Å². The maximum absolute atomic E-state index is 13.1. The number of aliphatic hydroxyl groups excluding tert-OH is 1. The Balaban J connectivity index is 1.62. The number of piperidine rings is 3. The molecule has 5 heteroatoms. The molecule has 1 aromatic carbocycles. The lowest BCUT2D eigenvalue weighted by Gasteiger charge is -2.49. The molecule has 3 aliphatic rings. The number of aliphatic hydroxyl groups is 1. The molecule has 1 N–H and O–H groups in total. The second kappa shape index (κ2) is 5.73. The molecular weight excluding hydrogens is 293 g/mol. The van der Waals surface area contributed by atoms with Crippen molar-refractivity contribution in [2.75, 3.05) is 19.7 Å². The van der Waals surface area contributed by atoms with E-state index >= 15 is 0 Å². The van der Waals surface area contributed by atoms with Gasteiger partial charge in [0.05, 0.1) is 12.3 Å². The van der Waals surface area contributed by atoms with E-state index in [0.717, 1.165) is 30.8 Å². The molecule has 2 aromatic rings. The predicted octanol–water partition coefficient (Wildman–Crippen LogP) is 2.40. The van der Waals surface area contributed by atoms with Gasteiger partial charge in [0.25, 0.3) is 0 Å². The molecule has 4 unspecified atom stereocenters. The van der Waals surface area contributed by atoms with Gasteiger partial charge in [0, 0.05) is 36.8 Å². The van der Waals surface area contributed by atoms with Crippen LogP contribution in [0.3, 0.4) is 0 Å².